The van der Waals surface area contributed by atoms with Gasteiger partial charge in [-0.1, -0.05) is 12.1 Å². The molecule has 1 saturated heterocycles. The maximum Gasteiger partial charge on any atom is 0.119 e. The molecular weight excluding hydrogens is 230 g/mol. The van der Waals surface area contributed by atoms with Gasteiger partial charge in [0, 0.05) is 6.04 Å². The lowest BCUT2D eigenvalue weighted by Gasteiger charge is -2.30. The molecule has 1 fully saturated rings. The molecule has 1 N–H and O–H groups in total. The first-order chi connectivity index (χ1) is 8.35. The van der Waals surface area contributed by atoms with Crippen LogP contribution in [0.5, 0.6) is 5.75 Å². The highest BCUT2D eigenvalue weighted by Crippen LogP contribution is 2.33. The quantitative estimate of drug-likeness (QED) is 0.888. The van der Waals surface area contributed by atoms with Crippen LogP contribution in [0.2, 0.25) is 0 Å². The minimum atomic E-state index is 0.456. The Labute approximate surface area is 108 Å². The second-order valence-electron chi connectivity index (χ2n) is 4.52. The van der Waals surface area contributed by atoms with Crippen molar-refractivity contribution in [2.75, 3.05) is 25.7 Å². The fourth-order valence-corrected chi connectivity index (χ4v) is 3.74. The van der Waals surface area contributed by atoms with Crippen LogP contribution in [-0.4, -0.2) is 25.7 Å². The molecule has 1 aliphatic rings. The summed E-state index contributed by atoms with van der Waals surface area (Å²) in [5.41, 5.74) is 1.35. The van der Waals surface area contributed by atoms with Gasteiger partial charge in [0.1, 0.15) is 5.75 Å². The van der Waals surface area contributed by atoms with Crippen molar-refractivity contribution >= 4 is 11.8 Å². The fraction of sp³-hybridized carbons (Fsp3) is 0.571. The summed E-state index contributed by atoms with van der Waals surface area (Å²) in [7, 11) is 3.79. The lowest BCUT2D eigenvalue weighted by atomic mass is 9.90. The lowest BCUT2D eigenvalue weighted by molar-refractivity contribution is 0.380. The first-order valence-electron chi connectivity index (χ1n) is 6.24. The van der Waals surface area contributed by atoms with Gasteiger partial charge in [-0.3, -0.25) is 0 Å². The fourth-order valence-electron chi connectivity index (χ4n) is 2.54. The van der Waals surface area contributed by atoms with Crippen molar-refractivity contribution in [3.63, 3.8) is 0 Å². The number of hydrogen-bond acceptors (Lipinski definition) is 3. The van der Waals surface area contributed by atoms with Gasteiger partial charge < -0.3 is 10.1 Å². The zero-order chi connectivity index (χ0) is 12.1. The zero-order valence-electron chi connectivity index (χ0n) is 10.6. The van der Waals surface area contributed by atoms with Gasteiger partial charge >= 0.3 is 0 Å². The van der Waals surface area contributed by atoms with Crippen molar-refractivity contribution in [1.82, 2.24) is 5.32 Å². The van der Waals surface area contributed by atoms with Crippen LogP contribution in [-0.2, 0) is 0 Å². The normalized spacial score (nSPS) is 22.1. The van der Waals surface area contributed by atoms with Crippen LogP contribution >= 0.6 is 11.8 Å². The Morgan fingerprint density at radius 2 is 2.35 bits per heavy atom. The molecule has 2 nitrogen and oxygen atoms in total. The molecule has 2 atom stereocenters. The predicted octanol–water partition coefficient (Wildman–Crippen LogP) is 3.10. The number of ether oxygens (including phenoxy) is 1. The van der Waals surface area contributed by atoms with E-state index >= 15 is 0 Å². The number of hydrogen-bond donors (Lipinski definition) is 1. The Kier molecular flexibility index (Phi) is 4.75. The molecule has 0 spiro atoms. The predicted molar refractivity (Wildman–Crippen MR) is 74.8 cm³/mol. The van der Waals surface area contributed by atoms with Crippen molar-refractivity contribution in [2.45, 2.75) is 18.9 Å². The SMILES string of the molecule is CNC(c1cccc(OC)c1)C1CCCSC1. The largest absolute Gasteiger partial charge is 0.497 e. The van der Waals surface area contributed by atoms with Crippen LogP contribution in [0.4, 0.5) is 0 Å². The van der Waals surface area contributed by atoms with Crippen molar-refractivity contribution < 1.29 is 4.74 Å². The molecule has 17 heavy (non-hydrogen) atoms. The molecule has 0 amide bonds. The molecule has 1 aromatic carbocycles. The molecule has 0 aliphatic carbocycles. The summed E-state index contributed by atoms with van der Waals surface area (Å²) < 4.78 is 5.30. The number of rotatable bonds is 4. The molecule has 1 heterocycles. The Bertz CT molecular complexity index is 350. The van der Waals surface area contributed by atoms with Gasteiger partial charge in [0.25, 0.3) is 0 Å². The van der Waals surface area contributed by atoms with E-state index in [1.807, 2.05) is 6.07 Å². The number of methoxy groups -OCH3 is 1. The maximum atomic E-state index is 5.30. The molecule has 94 valence electrons. The Balaban J connectivity index is 2.15. The van der Waals surface area contributed by atoms with Crippen molar-refractivity contribution in [1.29, 1.82) is 0 Å². The van der Waals surface area contributed by atoms with E-state index < -0.39 is 0 Å². The molecule has 2 rings (SSSR count). The molecule has 1 aromatic rings. The third-order valence-corrected chi connectivity index (χ3v) is 4.67. The Hall–Kier alpha value is -0.670. The van der Waals surface area contributed by atoms with Crippen LogP contribution in [0, 0.1) is 5.92 Å². The van der Waals surface area contributed by atoms with Gasteiger partial charge in [-0.15, -0.1) is 0 Å². The second-order valence-corrected chi connectivity index (χ2v) is 5.67. The molecule has 0 saturated carbocycles. The highest BCUT2D eigenvalue weighted by atomic mass is 32.2. The topological polar surface area (TPSA) is 21.3 Å². The Morgan fingerprint density at radius 1 is 1.47 bits per heavy atom. The Morgan fingerprint density at radius 3 is 3.00 bits per heavy atom. The van der Waals surface area contributed by atoms with Gasteiger partial charge in [-0.25, -0.2) is 0 Å². The number of benzene rings is 1. The second kappa shape index (κ2) is 6.31. The van der Waals surface area contributed by atoms with Crippen LogP contribution in [0.25, 0.3) is 0 Å². The molecule has 1 aliphatic heterocycles. The van der Waals surface area contributed by atoms with Crippen molar-refractivity contribution in [2.24, 2.45) is 5.92 Å². The minimum Gasteiger partial charge on any atom is -0.497 e. The summed E-state index contributed by atoms with van der Waals surface area (Å²) in [5, 5.41) is 3.47. The summed E-state index contributed by atoms with van der Waals surface area (Å²) in [4.78, 5) is 0. The van der Waals surface area contributed by atoms with Gasteiger partial charge in [-0.05, 0) is 55.0 Å². The van der Waals surface area contributed by atoms with Crippen LogP contribution in [0.3, 0.4) is 0 Å². The molecule has 0 aromatic heterocycles. The summed E-state index contributed by atoms with van der Waals surface area (Å²) in [6.45, 7) is 0. The van der Waals surface area contributed by atoms with E-state index in [2.05, 4.69) is 42.3 Å². The first-order valence-corrected chi connectivity index (χ1v) is 7.39. The van der Waals surface area contributed by atoms with Gasteiger partial charge in [0.2, 0.25) is 0 Å². The van der Waals surface area contributed by atoms with E-state index in [9.17, 15) is 0 Å². The average molecular weight is 251 g/mol. The van der Waals surface area contributed by atoms with Crippen LogP contribution in [0.15, 0.2) is 24.3 Å². The average Bonchev–Trinajstić information content (AvgIpc) is 2.41. The third-order valence-electron chi connectivity index (χ3n) is 3.43. The van der Waals surface area contributed by atoms with Crippen LogP contribution in [0.1, 0.15) is 24.4 Å². The third kappa shape index (κ3) is 3.17. The number of nitrogens with one attached hydrogen (secondary N) is 1. The highest BCUT2D eigenvalue weighted by Gasteiger charge is 2.24. The van der Waals surface area contributed by atoms with Gasteiger partial charge in [0.15, 0.2) is 0 Å². The van der Waals surface area contributed by atoms with Gasteiger partial charge in [0.05, 0.1) is 7.11 Å². The number of thioether (sulfide) groups is 1. The smallest absolute Gasteiger partial charge is 0.119 e. The minimum absolute atomic E-state index is 0.456. The summed E-state index contributed by atoms with van der Waals surface area (Å²) in [6, 6.07) is 8.89. The monoisotopic (exact) mass is 251 g/mol. The first kappa shape index (κ1) is 12.8. The van der Waals surface area contributed by atoms with E-state index in [4.69, 9.17) is 4.74 Å². The lowest BCUT2D eigenvalue weighted by Crippen LogP contribution is -2.28. The summed E-state index contributed by atoms with van der Waals surface area (Å²) >= 11 is 2.08. The summed E-state index contributed by atoms with van der Waals surface area (Å²) in [6.07, 6.45) is 2.67. The standard InChI is InChI=1S/C14H21NOS/c1-15-14(12-6-4-8-17-10-12)11-5-3-7-13(9-11)16-2/h3,5,7,9,12,14-15H,4,6,8,10H2,1-2H3. The van der Waals surface area contributed by atoms with E-state index in [1.54, 1.807) is 7.11 Å². The molecule has 2 unspecified atom stereocenters. The molecule has 0 radical (unpaired) electrons. The highest BCUT2D eigenvalue weighted by molar-refractivity contribution is 7.99. The molecule has 3 heteroatoms. The van der Waals surface area contributed by atoms with E-state index in [1.165, 1.54) is 29.9 Å². The van der Waals surface area contributed by atoms with Crippen LogP contribution < -0.4 is 10.1 Å². The molecular formula is C14H21NOS. The zero-order valence-corrected chi connectivity index (χ0v) is 11.4. The van der Waals surface area contributed by atoms with E-state index in [0.29, 0.717) is 6.04 Å². The summed E-state index contributed by atoms with van der Waals surface area (Å²) in [5.74, 6) is 4.28. The van der Waals surface area contributed by atoms with Gasteiger partial charge in [-0.2, -0.15) is 11.8 Å². The van der Waals surface area contributed by atoms with E-state index in [-0.39, 0.29) is 0 Å². The van der Waals surface area contributed by atoms with Crippen molar-refractivity contribution in [3.05, 3.63) is 29.8 Å². The van der Waals surface area contributed by atoms with Crippen molar-refractivity contribution in [3.8, 4) is 5.75 Å². The molecule has 0 bridgehead atoms. The maximum absolute atomic E-state index is 5.30. The van der Waals surface area contributed by atoms with E-state index in [0.717, 1.165) is 11.7 Å².